The predicted octanol–water partition coefficient (Wildman–Crippen LogP) is -1.14. The minimum Gasteiger partial charge on any atom is -0.466 e. The van der Waals surface area contributed by atoms with E-state index in [9.17, 15) is 15.0 Å². The third-order valence-corrected chi connectivity index (χ3v) is 3.70. The van der Waals surface area contributed by atoms with Gasteiger partial charge in [-0.25, -0.2) is 0 Å². The predicted molar refractivity (Wildman–Crippen MR) is 51.7 cm³/mol. The quantitative estimate of drug-likeness (QED) is 0.507. The molecule has 0 spiro atoms. The zero-order valence-electron chi connectivity index (χ0n) is 8.67. The van der Waals surface area contributed by atoms with Gasteiger partial charge in [0.15, 0.2) is 0 Å². The van der Waals surface area contributed by atoms with Gasteiger partial charge in [-0.15, -0.1) is 0 Å². The van der Waals surface area contributed by atoms with Crippen LogP contribution in [0.3, 0.4) is 0 Å². The van der Waals surface area contributed by atoms with Gasteiger partial charge < -0.3 is 20.7 Å². The molecule has 0 aliphatic heterocycles. The number of nitrogens with two attached hydrogens (primary N) is 1. The van der Waals surface area contributed by atoms with Gasteiger partial charge in [-0.3, -0.25) is 4.79 Å². The van der Waals surface area contributed by atoms with E-state index >= 15 is 0 Å². The molecule has 0 radical (unpaired) electrons. The van der Waals surface area contributed by atoms with E-state index in [1.807, 2.05) is 0 Å². The zero-order chi connectivity index (χ0) is 11.2. The maximum atomic E-state index is 11.6. The van der Waals surface area contributed by atoms with Gasteiger partial charge in [0.25, 0.3) is 0 Å². The van der Waals surface area contributed by atoms with Gasteiger partial charge in [-0.2, -0.15) is 0 Å². The first-order valence-electron chi connectivity index (χ1n) is 5.36. The van der Waals surface area contributed by atoms with Crippen LogP contribution in [0.15, 0.2) is 0 Å². The Morgan fingerprint density at radius 1 is 1.40 bits per heavy atom. The van der Waals surface area contributed by atoms with Gasteiger partial charge in [0.05, 0.1) is 24.7 Å². The van der Waals surface area contributed by atoms with E-state index < -0.39 is 18.1 Å². The molecule has 5 nitrogen and oxygen atoms in total. The van der Waals surface area contributed by atoms with Gasteiger partial charge >= 0.3 is 5.97 Å². The summed E-state index contributed by atoms with van der Waals surface area (Å²) in [7, 11) is 0. The number of rotatable bonds is 2. The van der Waals surface area contributed by atoms with E-state index in [0.29, 0.717) is 13.0 Å². The van der Waals surface area contributed by atoms with Crippen LogP contribution in [0.1, 0.15) is 13.3 Å². The van der Waals surface area contributed by atoms with Crippen LogP contribution < -0.4 is 5.73 Å². The largest absolute Gasteiger partial charge is 0.466 e. The molecule has 6 atom stereocenters. The summed E-state index contributed by atoms with van der Waals surface area (Å²) >= 11 is 0. The fourth-order valence-electron chi connectivity index (χ4n) is 2.97. The standard InChI is InChI=1S/C10H17NO4/c1-2-15-10(14)6-4-3-5(7(6)11)9(13)8(4)12/h4-9,12-13H,2-3,11H2,1H3/t4-,5+,6+,7-,8-,9+/m1/s1. The minimum atomic E-state index is -0.829. The van der Waals surface area contributed by atoms with Crippen LogP contribution in [0.2, 0.25) is 0 Å². The molecule has 0 amide bonds. The van der Waals surface area contributed by atoms with Gasteiger partial charge in [-0.1, -0.05) is 0 Å². The van der Waals surface area contributed by atoms with Crippen molar-refractivity contribution in [2.24, 2.45) is 23.5 Å². The summed E-state index contributed by atoms with van der Waals surface area (Å²) in [6, 6.07) is -0.382. The van der Waals surface area contributed by atoms with Crippen molar-refractivity contribution >= 4 is 5.97 Å². The van der Waals surface area contributed by atoms with Crippen molar-refractivity contribution in [3.8, 4) is 0 Å². The Bertz CT molecular complexity index is 270. The highest BCUT2D eigenvalue weighted by atomic mass is 16.5. The van der Waals surface area contributed by atoms with Crippen molar-refractivity contribution < 1.29 is 19.7 Å². The van der Waals surface area contributed by atoms with E-state index in [2.05, 4.69) is 0 Å². The van der Waals surface area contributed by atoms with Crippen LogP contribution in [0.25, 0.3) is 0 Å². The smallest absolute Gasteiger partial charge is 0.310 e. The van der Waals surface area contributed by atoms with Gasteiger partial charge in [0.1, 0.15) is 0 Å². The number of esters is 1. The maximum absolute atomic E-state index is 11.6. The molecule has 2 saturated carbocycles. The molecule has 2 bridgehead atoms. The second kappa shape index (κ2) is 3.73. The number of hydrogen-bond donors (Lipinski definition) is 3. The summed E-state index contributed by atoms with van der Waals surface area (Å²) in [5, 5.41) is 19.3. The molecule has 2 rings (SSSR count). The van der Waals surface area contributed by atoms with Gasteiger partial charge in [0.2, 0.25) is 0 Å². The van der Waals surface area contributed by atoms with E-state index in [1.54, 1.807) is 6.92 Å². The first kappa shape index (κ1) is 10.9. The molecule has 0 aromatic heterocycles. The van der Waals surface area contributed by atoms with Crippen LogP contribution >= 0.6 is 0 Å². The number of fused-ring (bicyclic) bond motifs is 2. The summed E-state index contributed by atoms with van der Waals surface area (Å²) in [6.07, 6.45) is -0.993. The van der Waals surface area contributed by atoms with Gasteiger partial charge in [0, 0.05) is 17.9 Å². The number of ether oxygens (including phenoxy) is 1. The lowest BCUT2D eigenvalue weighted by atomic mass is 9.81. The average molecular weight is 215 g/mol. The minimum absolute atomic E-state index is 0.167. The number of aliphatic hydroxyl groups is 2. The van der Waals surface area contributed by atoms with Crippen LogP contribution in [0, 0.1) is 17.8 Å². The highest BCUT2D eigenvalue weighted by Crippen LogP contribution is 2.48. The molecule has 2 fully saturated rings. The Morgan fingerprint density at radius 3 is 2.53 bits per heavy atom. The average Bonchev–Trinajstić information content (AvgIpc) is 2.65. The molecule has 0 saturated heterocycles. The molecule has 0 unspecified atom stereocenters. The molecule has 2 aliphatic carbocycles. The second-order valence-electron chi connectivity index (χ2n) is 4.40. The maximum Gasteiger partial charge on any atom is 0.310 e. The van der Waals surface area contributed by atoms with Crippen LogP contribution in [-0.2, 0) is 9.53 Å². The van der Waals surface area contributed by atoms with Crippen LogP contribution in [0.5, 0.6) is 0 Å². The molecular formula is C10H17NO4. The van der Waals surface area contributed by atoms with Crippen molar-refractivity contribution in [3.05, 3.63) is 0 Å². The topological polar surface area (TPSA) is 92.8 Å². The Balaban J connectivity index is 2.13. The van der Waals surface area contributed by atoms with Crippen molar-refractivity contribution in [1.29, 1.82) is 0 Å². The molecule has 0 aromatic rings. The second-order valence-corrected chi connectivity index (χ2v) is 4.40. The summed E-state index contributed by atoms with van der Waals surface area (Å²) in [5.74, 6) is -1.20. The van der Waals surface area contributed by atoms with E-state index in [0.717, 1.165) is 0 Å². The molecule has 4 N–H and O–H groups in total. The molecule has 5 heteroatoms. The normalized spacial score (nSPS) is 48.3. The Morgan fingerprint density at radius 2 is 2.00 bits per heavy atom. The third kappa shape index (κ3) is 1.46. The Hall–Kier alpha value is -0.650. The molecule has 0 heterocycles. The van der Waals surface area contributed by atoms with E-state index in [-0.39, 0.29) is 23.8 Å². The molecular weight excluding hydrogens is 198 g/mol. The molecule has 2 aliphatic rings. The van der Waals surface area contributed by atoms with E-state index in [4.69, 9.17) is 10.5 Å². The number of carbonyl (C=O) groups is 1. The lowest BCUT2D eigenvalue weighted by Gasteiger charge is -2.33. The highest BCUT2D eigenvalue weighted by molar-refractivity contribution is 5.74. The summed E-state index contributed by atoms with van der Waals surface area (Å²) in [5.41, 5.74) is 5.88. The van der Waals surface area contributed by atoms with Crippen molar-refractivity contribution in [2.45, 2.75) is 31.6 Å². The number of carbonyl (C=O) groups excluding carboxylic acids is 1. The monoisotopic (exact) mass is 215 g/mol. The lowest BCUT2D eigenvalue weighted by molar-refractivity contribution is -0.154. The summed E-state index contributed by atoms with van der Waals surface area (Å²) in [4.78, 5) is 11.6. The Labute approximate surface area is 88.2 Å². The summed E-state index contributed by atoms with van der Waals surface area (Å²) < 4.78 is 4.92. The van der Waals surface area contributed by atoms with E-state index in [1.165, 1.54) is 0 Å². The number of aliphatic hydroxyl groups excluding tert-OH is 2. The Kier molecular flexibility index (Phi) is 2.70. The van der Waals surface area contributed by atoms with Crippen molar-refractivity contribution in [2.75, 3.05) is 6.61 Å². The first-order valence-corrected chi connectivity index (χ1v) is 5.36. The van der Waals surface area contributed by atoms with Gasteiger partial charge in [-0.05, 0) is 13.3 Å². The van der Waals surface area contributed by atoms with Crippen molar-refractivity contribution in [1.82, 2.24) is 0 Å². The summed E-state index contributed by atoms with van der Waals surface area (Å²) in [6.45, 7) is 2.06. The zero-order valence-corrected chi connectivity index (χ0v) is 8.67. The molecule has 15 heavy (non-hydrogen) atoms. The lowest BCUT2D eigenvalue weighted by Crippen LogP contribution is -2.51. The third-order valence-electron chi connectivity index (χ3n) is 3.70. The fourth-order valence-corrected chi connectivity index (χ4v) is 2.97. The molecule has 0 aromatic carbocycles. The van der Waals surface area contributed by atoms with Crippen molar-refractivity contribution in [3.63, 3.8) is 0 Å². The SMILES string of the molecule is CCOC(=O)[C@@H]1[C@H](N)[C@@H]2C[C@H]1[C@@H](O)[C@H]2O. The highest BCUT2D eigenvalue weighted by Gasteiger charge is 2.59. The first-order chi connectivity index (χ1) is 7.07. The molecule has 86 valence electrons. The fraction of sp³-hybridized carbons (Fsp3) is 0.900. The van der Waals surface area contributed by atoms with Crippen LogP contribution in [-0.4, -0.2) is 41.0 Å². The number of hydrogen-bond acceptors (Lipinski definition) is 5. The van der Waals surface area contributed by atoms with Crippen LogP contribution in [0.4, 0.5) is 0 Å².